The van der Waals surface area contributed by atoms with Crippen LogP contribution in [0.3, 0.4) is 0 Å². The summed E-state index contributed by atoms with van der Waals surface area (Å²) in [6, 6.07) is 7.09. The van der Waals surface area contributed by atoms with Crippen molar-refractivity contribution in [1.29, 1.82) is 0 Å². The molecular weight excluding hydrogens is 208 g/mol. The van der Waals surface area contributed by atoms with Crippen LogP contribution in [0.2, 0.25) is 0 Å². The summed E-state index contributed by atoms with van der Waals surface area (Å²) in [7, 11) is 0. The highest BCUT2D eigenvalue weighted by atomic mass is 16.3. The lowest BCUT2D eigenvalue weighted by atomic mass is 10.2. The minimum absolute atomic E-state index is 0.0482. The highest BCUT2D eigenvalue weighted by Gasteiger charge is 2.21. The van der Waals surface area contributed by atoms with E-state index in [0.29, 0.717) is 5.69 Å². The molecule has 1 aromatic rings. The average Bonchev–Trinajstić information content (AvgIpc) is 2.26. The van der Waals surface area contributed by atoms with Crippen LogP contribution < -0.4 is 10.6 Å². The predicted molar refractivity (Wildman–Crippen MR) is 59.8 cm³/mol. The number of nitrogens with two attached hydrogens (primary N) is 1. The quantitative estimate of drug-likeness (QED) is 0.695. The molecule has 5 nitrogen and oxygen atoms in total. The Morgan fingerprint density at radius 2 is 2.00 bits per heavy atom. The lowest BCUT2D eigenvalue weighted by Crippen LogP contribution is -2.42. The van der Waals surface area contributed by atoms with Gasteiger partial charge in [-0.05, 0) is 18.6 Å². The molecule has 0 aliphatic carbocycles. The molecule has 1 rings (SSSR count). The van der Waals surface area contributed by atoms with Crippen LogP contribution in [0.25, 0.3) is 0 Å². The normalized spacial score (nSPS) is 9.88. The van der Waals surface area contributed by atoms with E-state index in [0.717, 1.165) is 5.56 Å². The third-order valence-corrected chi connectivity index (χ3v) is 2.19. The van der Waals surface area contributed by atoms with Crippen molar-refractivity contribution in [3.8, 4) is 0 Å². The first kappa shape index (κ1) is 12.2. The van der Waals surface area contributed by atoms with Crippen LogP contribution in [0.1, 0.15) is 5.56 Å². The van der Waals surface area contributed by atoms with E-state index in [2.05, 4.69) is 0 Å². The number of nitrogens with zero attached hydrogens (tertiary/aromatic N) is 1. The van der Waals surface area contributed by atoms with Gasteiger partial charge in [0.1, 0.15) is 0 Å². The van der Waals surface area contributed by atoms with Crippen LogP contribution in [0.4, 0.5) is 5.69 Å². The molecule has 0 aliphatic rings. The molecule has 0 saturated heterocycles. The number of benzene rings is 1. The Labute approximate surface area is 93.5 Å². The van der Waals surface area contributed by atoms with Gasteiger partial charge in [-0.25, -0.2) is 0 Å². The Bertz CT molecular complexity index is 404. The maximum atomic E-state index is 11.5. The topological polar surface area (TPSA) is 83.6 Å². The Hall–Kier alpha value is -1.88. The van der Waals surface area contributed by atoms with Gasteiger partial charge >= 0.3 is 11.8 Å². The van der Waals surface area contributed by atoms with Crippen molar-refractivity contribution in [1.82, 2.24) is 0 Å². The Balaban J connectivity index is 3.07. The number of hydrogen-bond donors (Lipinski definition) is 2. The minimum atomic E-state index is -1.03. The SMILES string of the molecule is Cc1ccccc1N(CCO)C(=O)C(N)=O. The van der Waals surface area contributed by atoms with Crippen molar-refractivity contribution in [3.63, 3.8) is 0 Å². The van der Waals surface area contributed by atoms with E-state index in [9.17, 15) is 9.59 Å². The number of amides is 2. The van der Waals surface area contributed by atoms with Gasteiger partial charge in [-0.15, -0.1) is 0 Å². The molecular formula is C11H14N2O3. The molecule has 3 N–H and O–H groups in total. The van der Waals surface area contributed by atoms with Crippen molar-refractivity contribution in [2.45, 2.75) is 6.92 Å². The number of carbonyl (C=O) groups excluding carboxylic acids is 2. The third kappa shape index (κ3) is 2.58. The zero-order valence-corrected chi connectivity index (χ0v) is 9.01. The first-order valence-corrected chi connectivity index (χ1v) is 4.85. The summed E-state index contributed by atoms with van der Waals surface area (Å²) in [5.74, 6) is -1.85. The van der Waals surface area contributed by atoms with E-state index in [1.165, 1.54) is 4.90 Å². The summed E-state index contributed by atoms with van der Waals surface area (Å²) in [5, 5.41) is 8.87. The smallest absolute Gasteiger partial charge is 0.316 e. The molecule has 2 amide bonds. The molecule has 0 heterocycles. The van der Waals surface area contributed by atoms with Gasteiger partial charge in [-0.3, -0.25) is 9.59 Å². The molecule has 0 aliphatic heterocycles. The van der Waals surface area contributed by atoms with Gasteiger partial charge in [0.25, 0.3) is 0 Å². The molecule has 0 unspecified atom stereocenters. The van der Waals surface area contributed by atoms with Crippen LogP contribution in [-0.2, 0) is 9.59 Å². The highest BCUT2D eigenvalue weighted by molar-refractivity contribution is 6.39. The molecule has 0 saturated carbocycles. The summed E-state index contributed by atoms with van der Waals surface area (Å²) in [5.41, 5.74) is 6.36. The number of aryl methyl sites for hydroxylation is 1. The molecule has 0 aromatic heterocycles. The van der Waals surface area contributed by atoms with Gasteiger partial charge in [0, 0.05) is 12.2 Å². The monoisotopic (exact) mass is 222 g/mol. The Morgan fingerprint density at radius 3 is 2.50 bits per heavy atom. The first-order valence-electron chi connectivity index (χ1n) is 4.85. The van der Waals surface area contributed by atoms with Gasteiger partial charge in [0.05, 0.1) is 6.61 Å². The van der Waals surface area contributed by atoms with E-state index in [4.69, 9.17) is 10.8 Å². The van der Waals surface area contributed by atoms with Gasteiger partial charge in [-0.1, -0.05) is 18.2 Å². The second-order valence-corrected chi connectivity index (χ2v) is 3.33. The zero-order chi connectivity index (χ0) is 12.1. The second-order valence-electron chi connectivity index (χ2n) is 3.33. The number of aliphatic hydroxyl groups excluding tert-OH is 1. The fourth-order valence-electron chi connectivity index (χ4n) is 1.43. The van der Waals surface area contributed by atoms with Crippen LogP contribution in [0.5, 0.6) is 0 Å². The van der Waals surface area contributed by atoms with Crippen molar-refractivity contribution in [2.75, 3.05) is 18.1 Å². The lowest BCUT2D eigenvalue weighted by molar-refractivity contribution is -0.135. The zero-order valence-electron chi connectivity index (χ0n) is 9.01. The van der Waals surface area contributed by atoms with Gasteiger partial charge in [0.15, 0.2) is 0 Å². The molecule has 0 bridgehead atoms. The first-order chi connectivity index (χ1) is 7.57. The Morgan fingerprint density at radius 1 is 1.38 bits per heavy atom. The molecule has 0 radical (unpaired) electrons. The summed E-state index contributed by atoms with van der Waals surface area (Å²) in [6.07, 6.45) is 0. The number of anilines is 1. The van der Waals surface area contributed by atoms with E-state index in [1.807, 2.05) is 19.1 Å². The lowest BCUT2D eigenvalue weighted by Gasteiger charge is -2.21. The van der Waals surface area contributed by atoms with E-state index >= 15 is 0 Å². The average molecular weight is 222 g/mol. The summed E-state index contributed by atoms with van der Waals surface area (Å²) in [6.45, 7) is 1.63. The van der Waals surface area contributed by atoms with Crippen LogP contribution in [0, 0.1) is 6.92 Å². The van der Waals surface area contributed by atoms with Crippen LogP contribution >= 0.6 is 0 Å². The number of carbonyl (C=O) groups is 2. The molecule has 1 aromatic carbocycles. The van der Waals surface area contributed by atoms with Crippen molar-refractivity contribution in [3.05, 3.63) is 29.8 Å². The fourth-order valence-corrected chi connectivity index (χ4v) is 1.43. The maximum absolute atomic E-state index is 11.5. The number of para-hydroxylation sites is 1. The maximum Gasteiger partial charge on any atom is 0.316 e. The predicted octanol–water partition coefficient (Wildman–Crippen LogP) is -0.194. The molecule has 5 heteroatoms. The van der Waals surface area contributed by atoms with Crippen molar-refractivity contribution < 1.29 is 14.7 Å². The number of hydrogen-bond acceptors (Lipinski definition) is 3. The molecule has 86 valence electrons. The second kappa shape index (κ2) is 5.27. The molecule has 0 fully saturated rings. The largest absolute Gasteiger partial charge is 0.395 e. The van der Waals surface area contributed by atoms with E-state index in [-0.39, 0.29) is 13.2 Å². The summed E-state index contributed by atoms with van der Waals surface area (Å²) in [4.78, 5) is 23.6. The van der Waals surface area contributed by atoms with Gasteiger partial charge in [0.2, 0.25) is 0 Å². The number of primary amides is 1. The standard InChI is InChI=1S/C11H14N2O3/c1-8-4-2-3-5-9(8)13(6-7-14)11(16)10(12)15/h2-5,14H,6-7H2,1H3,(H2,12,15). The minimum Gasteiger partial charge on any atom is -0.395 e. The van der Waals surface area contributed by atoms with E-state index in [1.54, 1.807) is 12.1 Å². The number of aliphatic hydroxyl groups is 1. The Kier molecular flexibility index (Phi) is 4.02. The van der Waals surface area contributed by atoms with Gasteiger partial charge < -0.3 is 15.7 Å². The molecule has 16 heavy (non-hydrogen) atoms. The van der Waals surface area contributed by atoms with Gasteiger partial charge in [-0.2, -0.15) is 0 Å². The fraction of sp³-hybridized carbons (Fsp3) is 0.273. The van der Waals surface area contributed by atoms with Crippen molar-refractivity contribution >= 4 is 17.5 Å². The molecule has 0 spiro atoms. The highest BCUT2D eigenvalue weighted by Crippen LogP contribution is 2.19. The third-order valence-electron chi connectivity index (χ3n) is 2.19. The molecule has 0 atom stereocenters. The van der Waals surface area contributed by atoms with Crippen LogP contribution in [0.15, 0.2) is 24.3 Å². The summed E-state index contributed by atoms with van der Waals surface area (Å²) >= 11 is 0. The van der Waals surface area contributed by atoms with Crippen LogP contribution in [-0.4, -0.2) is 30.1 Å². The number of rotatable bonds is 3. The van der Waals surface area contributed by atoms with Crippen molar-refractivity contribution in [2.24, 2.45) is 5.73 Å². The van der Waals surface area contributed by atoms with E-state index < -0.39 is 11.8 Å². The summed E-state index contributed by atoms with van der Waals surface area (Å²) < 4.78 is 0.